The van der Waals surface area contributed by atoms with Gasteiger partial charge < -0.3 is 10.1 Å². The summed E-state index contributed by atoms with van der Waals surface area (Å²) in [6.07, 6.45) is 0. The monoisotopic (exact) mass is 351 g/mol. The lowest BCUT2D eigenvalue weighted by Crippen LogP contribution is -2.04. The summed E-state index contributed by atoms with van der Waals surface area (Å²) >= 11 is 0. The van der Waals surface area contributed by atoms with Crippen molar-refractivity contribution in [2.75, 3.05) is 12.4 Å². The molecule has 0 atom stereocenters. The molecule has 1 amide bonds. The molecule has 0 fully saturated rings. The van der Waals surface area contributed by atoms with E-state index < -0.39 is 0 Å². The molecule has 132 valence electrons. The molecule has 3 N–H and O–H groups in total. The third kappa shape index (κ3) is 3.69. The first kappa shape index (κ1) is 17.2. The van der Waals surface area contributed by atoms with E-state index in [9.17, 15) is 9.59 Å². The molecule has 8 heteroatoms. The number of ether oxygens (including phenoxy) is 1. The highest BCUT2D eigenvalue weighted by Crippen LogP contribution is 2.33. The number of rotatable bonds is 5. The standard InChI is InChI=1S/C18H17N5O3/c1-11(24)19-12-7-9-13(10-8-12)20-22-17-16(21-23-18(17)25)14-5-3-4-6-15(14)26-2/h3-10H,1-2H3,(H,19,24)(H2,21,23,25). The number of nitrogens with one attached hydrogen (secondary N) is 3. The van der Waals surface area contributed by atoms with Crippen molar-refractivity contribution in [2.24, 2.45) is 10.2 Å². The van der Waals surface area contributed by atoms with Crippen LogP contribution >= 0.6 is 0 Å². The van der Waals surface area contributed by atoms with Crippen molar-refractivity contribution < 1.29 is 9.53 Å². The second-order valence-electron chi connectivity index (χ2n) is 5.43. The molecule has 0 aliphatic carbocycles. The fraction of sp³-hybridized carbons (Fsp3) is 0.111. The maximum atomic E-state index is 12.1. The first-order chi connectivity index (χ1) is 12.6. The Bertz CT molecular complexity index is 1000. The van der Waals surface area contributed by atoms with E-state index in [-0.39, 0.29) is 17.2 Å². The molecule has 3 rings (SSSR count). The van der Waals surface area contributed by atoms with Crippen LogP contribution in [0.4, 0.5) is 17.1 Å². The van der Waals surface area contributed by atoms with Crippen LogP contribution in [0.15, 0.2) is 63.6 Å². The van der Waals surface area contributed by atoms with Crippen LogP contribution in [0.1, 0.15) is 6.92 Å². The van der Waals surface area contributed by atoms with Crippen LogP contribution in [0.5, 0.6) is 5.75 Å². The maximum absolute atomic E-state index is 12.1. The number of hydrogen-bond acceptors (Lipinski definition) is 5. The van der Waals surface area contributed by atoms with Crippen LogP contribution < -0.4 is 15.6 Å². The molecule has 1 aromatic heterocycles. The number of azo groups is 1. The second kappa shape index (κ2) is 7.47. The van der Waals surface area contributed by atoms with Crippen molar-refractivity contribution in [3.05, 3.63) is 58.9 Å². The molecule has 0 unspecified atom stereocenters. The van der Waals surface area contributed by atoms with Gasteiger partial charge >= 0.3 is 0 Å². The van der Waals surface area contributed by atoms with Crippen LogP contribution in [-0.2, 0) is 4.79 Å². The third-order valence-electron chi connectivity index (χ3n) is 3.58. The molecule has 0 radical (unpaired) electrons. The lowest BCUT2D eigenvalue weighted by molar-refractivity contribution is -0.114. The summed E-state index contributed by atoms with van der Waals surface area (Å²) in [5, 5.41) is 16.2. The van der Waals surface area contributed by atoms with Crippen molar-refractivity contribution in [1.29, 1.82) is 0 Å². The zero-order chi connectivity index (χ0) is 18.5. The summed E-state index contributed by atoms with van der Waals surface area (Å²) in [5.41, 5.74) is 2.16. The van der Waals surface area contributed by atoms with Crippen molar-refractivity contribution in [1.82, 2.24) is 10.2 Å². The summed E-state index contributed by atoms with van der Waals surface area (Å²) in [7, 11) is 1.56. The van der Waals surface area contributed by atoms with E-state index in [4.69, 9.17) is 4.74 Å². The molecule has 0 saturated carbocycles. The normalized spacial score (nSPS) is 10.8. The van der Waals surface area contributed by atoms with Crippen LogP contribution in [0.2, 0.25) is 0 Å². The molecule has 8 nitrogen and oxygen atoms in total. The molecule has 3 aromatic rings. The van der Waals surface area contributed by atoms with Crippen LogP contribution in [0.3, 0.4) is 0 Å². The largest absolute Gasteiger partial charge is 0.496 e. The van der Waals surface area contributed by atoms with Gasteiger partial charge in [-0.25, -0.2) is 0 Å². The molecule has 26 heavy (non-hydrogen) atoms. The van der Waals surface area contributed by atoms with Gasteiger partial charge in [0, 0.05) is 18.2 Å². The average Bonchev–Trinajstić information content (AvgIpc) is 3.01. The Morgan fingerprint density at radius 1 is 1.04 bits per heavy atom. The number of carbonyl (C=O) groups is 1. The molecular formula is C18H17N5O3. The summed E-state index contributed by atoms with van der Waals surface area (Å²) in [4.78, 5) is 23.1. The number of H-pyrrole nitrogens is 2. The Morgan fingerprint density at radius 2 is 1.77 bits per heavy atom. The Balaban J connectivity index is 1.91. The number of aromatic amines is 2. The lowest BCUT2D eigenvalue weighted by atomic mass is 10.1. The van der Waals surface area contributed by atoms with Gasteiger partial charge in [-0.1, -0.05) is 12.1 Å². The molecule has 0 aliphatic heterocycles. The molecule has 0 aliphatic rings. The number of methoxy groups -OCH3 is 1. The third-order valence-corrected chi connectivity index (χ3v) is 3.58. The maximum Gasteiger partial charge on any atom is 0.292 e. The number of para-hydroxylation sites is 1. The summed E-state index contributed by atoms with van der Waals surface area (Å²) in [5.74, 6) is 0.457. The van der Waals surface area contributed by atoms with Crippen molar-refractivity contribution in [2.45, 2.75) is 6.92 Å². The van der Waals surface area contributed by atoms with E-state index in [2.05, 4.69) is 25.7 Å². The summed E-state index contributed by atoms with van der Waals surface area (Å²) in [6, 6.07) is 14.1. The number of carbonyl (C=O) groups excluding carboxylic acids is 1. The predicted octanol–water partition coefficient (Wildman–Crippen LogP) is 3.75. The highest BCUT2D eigenvalue weighted by molar-refractivity contribution is 5.88. The Morgan fingerprint density at radius 3 is 2.46 bits per heavy atom. The van der Waals surface area contributed by atoms with Crippen LogP contribution in [0, 0.1) is 0 Å². The van der Waals surface area contributed by atoms with Gasteiger partial charge in [-0.15, -0.1) is 5.11 Å². The molecule has 0 spiro atoms. The number of aromatic nitrogens is 2. The minimum Gasteiger partial charge on any atom is -0.496 e. The predicted molar refractivity (Wildman–Crippen MR) is 98.3 cm³/mol. The average molecular weight is 351 g/mol. The molecule has 0 bridgehead atoms. The summed E-state index contributed by atoms with van der Waals surface area (Å²) in [6.45, 7) is 1.44. The Hall–Kier alpha value is -3.68. The van der Waals surface area contributed by atoms with Gasteiger partial charge in [-0.2, -0.15) is 5.11 Å². The fourth-order valence-electron chi connectivity index (χ4n) is 2.42. The van der Waals surface area contributed by atoms with E-state index in [1.54, 1.807) is 37.4 Å². The SMILES string of the molecule is COc1ccccc1-c1[nH][nH]c(=O)c1N=Nc1ccc(NC(C)=O)cc1. The highest BCUT2D eigenvalue weighted by Gasteiger charge is 2.15. The van der Waals surface area contributed by atoms with Crippen molar-refractivity contribution in [3.8, 4) is 17.0 Å². The molecule has 0 saturated heterocycles. The zero-order valence-corrected chi connectivity index (χ0v) is 14.2. The van der Waals surface area contributed by atoms with E-state index in [0.29, 0.717) is 28.4 Å². The van der Waals surface area contributed by atoms with Crippen LogP contribution in [-0.4, -0.2) is 23.2 Å². The van der Waals surface area contributed by atoms with Crippen LogP contribution in [0.25, 0.3) is 11.3 Å². The minimum atomic E-state index is -0.385. The van der Waals surface area contributed by atoms with E-state index in [1.165, 1.54) is 6.92 Å². The molecule has 1 heterocycles. The topological polar surface area (TPSA) is 112 Å². The number of amides is 1. The number of anilines is 1. The first-order valence-electron chi connectivity index (χ1n) is 7.82. The minimum absolute atomic E-state index is 0.153. The highest BCUT2D eigenvalue weighted by atomic mass is 16.5. The van der Waals surface area contributed by atoms with E-state index >= 15 is 0 Å². The first-order valence-corrected chi connectivity index (χ1v) is 7.82. The Labute approximate surface area is 148 Å². The van der Waals surface area contributed by atoms with Crippen molar-refractivity contribution >= 4 is 23.0 Å². The second-order valence-corrected chi connectivity index (χ2v) is 5.43. The van der Waals surface area contributed by atoms with E-state index in [1.807, 2.05) is 18.2 Å². The smallest absolute Gasteiger partial charge is 0.292 e. The fourth-order valence-corrected chi connectivity index (χ4v) is 2.42. The number of hydrogen-bond donors (Lipinski definition) is 3. The zero-order valence-electron chi connectivity index (χ0n) is 14.2. The number of nitrogens with zero attached hydrogens (tertiary/aromatic N) is 2. The van der Waals surface area contributed by atoms with Crippen molar-refractivity contribution in [3.63, 3.8) is 0 Å². The molecular weight excluding hydrogens is 334 g/mol. The van der Waals surface area contributed by atoms with Gasteiger partial charge in [-0.3, -0.25) is 19.8 Å². The quantitative estimate of drug-likeness (QED) is 0.608. The summed E-state index contributed by atoms with van der Waals surface area (Å²) < 4.78 is 5.33. The Kier molecular flexibility index (Phi) is 4.93. The van der Waals surface area contributed by atoms with Gasteiger partial charge in [0.15, 0.2) is 5.69 Å². The van der Waals surface area contributed by atoms with Gasteiger partial charge in [-0.05, 0) is 36.4 Å². The lowest BCUT2D eigenvalue weighted by Gasteiger charge is -2.06. The number of benzene rings is 2. The van der Waals surface area contributed by atoms with E-state index in [0.717, 1.165) is 0 Å². The van der Waals surface area contributed by atoms with Gasteiger partial charge in [0.1, 0.15) is 5.75 Å². The van der Waals surface area contributed by atoms with Gasteiger partial charge in [0.05, 0.1) is 18.5 Å². The molecule has 2 aromatic carbocycles. The van der Waals surface area contributed by atoms with Gasteiger partial charge in [0.25, 0.3) is 5.56 Å². The van der Waals surface area contributed by atoms with Gasteiger partial charge in [0.2, 0.25) is 5.91 Å².